The quantitative estimate of drug-likeness (QED) is 0.556. The topological polar surface area (TPSA) is 39.2 Å². The first-order valence-electron chi connectivity index (χ1n) is 3.44. The number of thiazole rings is 1. The lowest BCUT2D eigenvalue weighted by atomic mass is 10.5. The Balaban J connectivity index is 2.68. The highest BCUT2D eigenvalue weighted by Crippen LogP contribution is 2.19. The minimum Gasteiger partial charge on any atom is -0.461 e. The van der Waals surface area contributed by atoms with Crippen LogP contribution in [-0.4, -0.2) is 23.8 Å². The summed E-state index contributed by atoms with van der Waals surface area (Å²) in [5.41, 5.74) is 0.409. The predicted molar refractivity (Wildman–Crippen MR) is 49.9 cm³/mol. The van der Waals surface area contributed by atoms with Crippen LogP contribution < -0.4 is 0 Å². The number of ether oxygens (including phenoxy) is 1. The average Bonchev–Trinajstić information content (AvgIpc) is 2.52. The smallest absolute Gasteiger partial charge is 0.357 e. The molecular formula is C7H9NO2S2. The third-order valence-corrected chi connectivity index (χ3v) is 3.01. The molecule has 12 heavy (non-hydrogen) atoms. The molecule has 1 aromatic rings. The minimum atomic E-state index is -0.339. The van der Waals surface area contributed by atoms with Gasteiger partial charge in [-0.05, 0) is 13.2 Å². The van der Waals surface area contributed by atoms with Crippen LogP contribution in [-0.2, 0) is 4.74 Å². The van der Waals surface area contributed by atoms with Crippen molar-refractivity contribution in [1.29, 1.82) is 0 Å². The summed E-state index contributed by atoms with van der Waals surface area (Å²) in [5, 5.41) is 1.71. The van der Waals surface area contributed by atoms with Crippen molar-refractivity contribution in [3.63, 3.8) is 0 Å². The van der Waals surface area contributed by atoms with E-state index in [4.69, 9.17) is 4.74 Å². The Labute approximate surface area is 79.1 Å². The van der Waals surface area contributed by atoms with E-state index in [1.807, 2.05) is 6.26 Å². The van der Waals surface area contributed by atoms with Crippen LogP contribution >= 0.6 is 23.1 Å². The molecule has 1 rings (SSSR count). The summed E-state index contributed by atoms with van der Waals surface area (Å²) < 4.78 is 5.67. The number of hydrogen-bond acceptors (Lipinski definition) is 5. The van der Waals surface area contributed by atoms with Gasteiger partial charge in [-0.2, -0.15) is 0 Å². The maximum atomic E-state index is 11.1. The zero-order valence-electron chi connectivity index (χ0n) is 6.86. The number of nitrogens with zero attached hydrogens (tertiary/aromatic N) is 1. The fraction of sp³-hybridized carbons (Fsp3) is 0.429. The summed E-state index contributed by atoms with van der Waals surface area (Å²) in [6, 6.07) is 0. The van der Waals surface area contributed by atoms with Gasteiger partial charge in [0.2, 0.25) is 0 Å². The summed E-state index contributed by atoms with van der Waals surface area (Å²) in [4.78, 5) is 15.1. The van der Waals surface area contributed by atoms with Crippen LogP contribution in [0.15, 0.2) is 9.72 Å². The van der Waals surface area contributed by atoms with Crippen LogP contribution in [0.4, 0.5) is 0 Å². The summed E-state index contributed by atoms with van der Waals surface area (Å²) in [6.45, 7) is 2.17. The van der Waals surface area contributed by atoms with Crippen molar-refractivity contribution in [3.05, 3.63) is 11.1 Å². The standard InChI is InChI=1S/C7H9NO2S2/c1-3-10-6(9)5-4-12-7(8-5)11-2/h4H,3H2,1-2H3. The first kappa shape index (κ1) is 9.54. The molecule has 0 amide bonds. The normalized spacial score (nSPS) is 9.83. The summed E-state index contributed by atoms with van der Waals surface area (Å²) in [7, 11) is 0. The van der Waals surface area contributed by atoms with Gasteiger partial charge in [0.1, 0.15) is 0 Å². The number of rotatable bonds is 3. The van der Waals surface area contributed by atoms with E-state index >= 15 is 0 Å². The van der Waals surface area contributed by atoms with E-state index in [-0.39, 0.29) is 5.97 Å². The van der Waals surface area contributed by atoms with Crippen molar-refractivity contribution in [1.82, 2.24) is 4.98 Å². The van der Waals surface area contributed by atoms with Gasteiger partial charge in [0.05, 0.1) is 6.61 Å². The fourth-order valence-corrected chi connectivity index (χ4v) is 1.88. The minimum absolute atomic E-state index is 0.339. The van der Waals surface area contributed by atoms with Crippen molar-refractivity contribution < 1.29 is 9.53 Å². The number of hydrogen-bond donors (Lipinski definition) is 0. The first-order valence-corrected chi connectivity index (χ1v) is 5.55. The average molecular weight is 203 g/mol. The van der Waals surface area contributed by atoms with Crippen molar-refractivity contribution in [2.24, 2.45) is 0 Å². The molecule has 0 spiro atoms. The summed E-state index contributed by atoms with van der Waals surface area (Å²) in [6.07, 6.45) is 1.92. The van der Waals surface area contributed by atoms with Gasteiger partial charge < -0.3 is 4.74 Å². The lowest BCUT2D eigenvalue weighted by molar-refractivity contribution is 0.0520. The molecule has 0 aliphatic carbocycles. The van der Waals surface area contributed by atoms with Gasteiger partial charge in [-0.3, -0.25) is 0 Å². The molecule has 1 aromatic heterocycles. The van der Waals surface area contributed by atoms with E-state index in [9.17, 15) is 4.79 Å². The van der Waals surface area contributed by atoms with Gasteiger partial charge in [0, 0.05) is 5.38 Å². The highest BCUT2D eigenvalue weighted by molar-refractivity contribution is 8.00. The SMILES string of the molecule is CCOC(=O)c1csc(SC)n1. The molecule has 0 atom stereocenters. The summed E-state index contributed by atoms with van der Waals surface area (Å²) >= 11 is 2.98. The second-order valence-electron chi connectivity index (χ2n) is 1.92. The number of esters is 1. The van der Waals surface area contributed by atoms with Gasteiger partial charge in [-0.15, -0.1) is 11.3 Å². The molecule has 66 valence electrons. The van der Waals surface area contributed by atoms with Crippen molar-refractivity contribution >= 4 is 29.1 Å². The Morgan fingerprint density at radius 1 is 1.83 bits per heavy atom. The molecule has 0 aliphatic rings. The van der Waals surface area contributed by atoms with Crippen LogP contribution in [0.5, 0.6) is 0 Å². The molecule has 1 heterocycles. The highest BCUT2D eigenvalue weighted by Gasteiger charge is 2.10. The van der Waals surface area contributed by atoms with Gasteiger partial charge in [-0.25, -0.2) is 9.78 Å². The van der Waals surface area contributed by atoms with Gasteiger partial charge in [-0.1, -0.05) is 11.8 Å². The highest BCUT2D eigenvalue weighted by atomic mass is 32.2. The molecule has 0 bridgehead atoms. The van der Waals surface area contributed by atoms with E-state index in [2.05, 4.69) is 4.98 Å². The second kappa shape index (κ2) is 4.47. The Hall–Kier alpha value is -0.550. The monoisotopic (exact) mass is 203 g/mol. The van der Waals surface area contributed by atoms with Crippen molar-refractivity contribution in [2.45, 2.75) is 11.3 Å². The lowest BCUT2D eigenvalue weighted by Crippen LogP contribution is -2.04. The van der Waals surface area contributed by atoms with E-state index in [1.54, 1.807) is 12.3 Å². The van der Waals surface area contributed by atoms with Crippen LogP contribution in [0.3, 0.4) is 0 Å². The molecule has 0 aromatic carbocycles. The maximum absolute atomic E-state index is 11.1. The van der Waals surface area contributed by atoms with E-state index < -0.39 is 0 Å². The third-order valence-electron chi connectivity index (χ3n) is 1.14. The fourth-order valence-electron chi connectivity index (χ4n) is 0.650. The predicted octanol–water partition coefficient (Wildman–Crippen LogP) is 2.04. The number of carbonyl (C=O) groups is 1. The molecule has 0 aliphatic heterocycles. The second-order valence-corrected chi connectivity index (χ2v) is 3.83. The summed E-state index contributed by atoms with van der Waals surface area (Å²) in [5.74, 6) is -0.339. The van der Waals surface area contributed by atoms with Crippen LogP contribution in [0.25, 0.3) is 0 Å². The van der Waals surface area contributed by atoms with Gasteiger partial charge >= 0.3 is 5.97 Å². The van der Waals surface area contributed by atoms with Crippen molar-refractivity contribution in [3.8, 4) is 0 Å². The molecule has 5 heteroatoms. The largest absolute Gasteiger partial charge is 0.461 e. The van der Waals surface area contributed by atoms with Crippen LogP contribution in [0.2, 0.25) is 0 Å². The number of thioether (sulfide) groups is 1. The Kier molecular flexibility index (Phi) is 3.55. The van der Waals surface area contributed by atoms with Gasteiger partial charge in [0.25, 0.3) is 0 Å². The van der Waals surface area contributed by atoms with E-state index in [1.165, 1.54) is 23.1 Å². The van der Waals surface area contributed by atoms with Crippen LogP contribution in [0.1, 0.15) is 17.4 Å². The van der Waals surface area contributed by atoms with Crippen molar-refractivity contribution in [2.75, 3.05) is 12.9 Å². The lowest BCUT2D eigenvalue weighted by Gasteiger charge is -1.95. The molecule has 0 fully saturated rings. The molecular weight excluding hydrogens is 194 g/mol. The third kappa shape index (κ3) is 2.22. The zero-order chi connectivity index (χ0) is 8.97. The van der Waals surface area contributed by atoms with Gasteiger partial charge in [0.15, 0.2) is 10.0 Å². The maximum Gasteiger partial charge on any atom is 0.357 e. The van der Waals surface area contributed by atoms with E-state index in [0.29, 0.717) is 12.3 Å². The molecule has 0 radical (unpaired) electrons. The molecule has 3 nitrogen and oxygen atoms in total. The van der Waals surface area contributed by atoms with Crippen LogP contribution in [0, 0.1) is 0 Å². The number of carbonyl (C=O) groups excluding carboxylic acids is 1. The Morgan fingerprint density at radius 3 is 3.08 bits per heavy atom. The Bertz CT molecular complexity index is 272. The number of aromatic nitrogens is 1. The molecule has 0 saturated heterocycles. The molecule has 0 N–H and O–H groups in total. The zero-order valence-corrected chi connectivity index (χ0v) is 8.50. The Morgan fingerprint density at radius 2 is 2.58 bits per heavy atom. The molecule has 0 unspecified atom stereocenters. The first-order chi connectivity index (χ1) is 5.77. The van der Waals surface area contributed by atoms with E-state index in [0.717, 1.165) is 4.34 Å². The molecule has 0 saturated carbocycles.